The lowest BCUT2D eigenvalue weighted by molar-refractivity contribution is -0.126. The van der Waals surface area contributed by atoms with Crippen molar-refractivity contribution in [1.29, 1.82) is 0 Å². The summed E-state index contributed by atoms with van der Waals surface area (Å²) >= 11 is 1.72. The van der Waals surface area contributed by atoms with Gasteiger partial charge in [-0.1, -0.05) is 13.3 Å². The van der Waals surface area contributed by atoms with Gasteiger partial charge < -0.3 is 11.1 Å². The summed E-state index contributed by atoms with van der Waals surface area (Å²) in [5.74, 6) is -0.0666. The summed E-state index contributed by atoms with van der Waals surface area (Å²) in [7, 11) is 0. The van der Waals surface area contributed by atoms with E-state index < -0.39 is 5.54 Å². The fourth-order valence-electron chi connectivity index (χ4n) is 1.74. The molecular formula is C13H22N2OS. The van der Waals surface area contributed by atoms with E-state index in [0.717, 1.165) is 6.42 Å². The van der Waals surface area contributed by atoms with E-state index in [2.05, 4.69) is 25.2 Å². The van der Waals surface area contributed by atoms with Gasteiger partial charge in [0.05, 0.1) is 12.1 Å². The number of rotatable bonds is 5. The Labute approximate surface area is 107 Å². The molecule has 3 N–H and O–H groups in total. The molecule has 1 atom stereocenters. The summed E-state index contributed by atoms with van der Waals surface area (Å²) in [6.45, 7) is 8.58. The summed E-state index contributed by atoms with van der Waals surface area (Å²) in [5.41, 5.74) is 6.49. The van der Waals surface area contributed by atoms with Crippen molar-refractivity contribution in [3.8, 4) is 0 Å². The van der Waals surface area contributed by atoms with Gasteiger partial charge >= 0.3 is 0 Å². The van der Waals surface area contributed by atoms with Crippen LogP contribution in [0.2, 0.25) is 0 Å². The third kappa shape index (κ3) is 3.82. The summed E-state index contributed by atoms with van der Waals surface area (Å²) in [5, 5.41) is 2.91. The molecule has 0 fully saturated rings. The van der Waals surface area contributed by atoms with Gasteiger partial charge in [0.2, 0.25) is 5.91 Å². The molecule has 1 heterocycles. The number of aryl methyl sites for hydroxylation is 2. The Morgan fingerprint density at radius 3 is 2.65 bits per heavy atom. The molecule has 0 aliphatic carbocycles. The van der Waals surface area contributed by atoms with Gasteiger partial charge in [-0.15, -0.1) is 11.3 Å². The largest absolute Gasteiger partial charge is 0.350 e. The average Bonchev–Trinajstić information content (AvgIpc) is 2.55. The van der Waals surface area contributed by atoms with Crippen LogP contribution < -0.4 is 11.1 Å². The lowest BCUT2D eigenvalue weighted by Gasteiger charge is -2.22. The number of nitrogens with two attached hydrogens (primary N) is 1. The average molecular weight is 254 g/mol. The van der Waals surface area contributed by atoms with Crippen molar-refractivity contribution in [2.75, 3.05) is 0 Å². The van der Waals surface area contributed by atoms with Crippen LogP contribution in [0, 0.1) is 13.8 Å². The predicted octanol–water partition coefficient (Wildman–Crippen LogP) is 2.50. The molecule has 1 rings (SSSR count). The summed E-state index contributed by atoms with van der Waals surface area (Å²) in [6, 6.07) is 2.12. The van der Waals surface area contributed by atoms with Gasteiger partial charge in [0.1, 0.15) is 0 Å². The van der Waals surface area contributed by atoms with Gasteiger partial charge in [-0.2, -0.15) is 0 Å². The van der Waals surface area contributed by atoms with Crippen molar-refractivity contribution < 1.29 is 4.79 Å². The van der Waals surface area contributed by atoms with Crippen molar-refractivity contribution >= 4 is 17.2 Å². The second-order valence-electron chi connectivity index (χ2n) is 4.80. The Balaban J connectivity index is 2.53. The van der Waals surface area contributed by atoms with E-state index in [1.807, 2.05) is 6.92 Å². The molecule has 1 aromatic heterocycles. The van der Waals surface area contributed by atoms with Crippen molar-refractivity contribution in [1.82, 2.24) is 5.32 Å². The van der Waals surface area contributed by atoms with Gasteiger partial charge in [0.25, 0.3) is 0 Å². The van der Waals surface area contributed by atoms with Crippen LogP contribution in [-0.2, 0) is 11.3 Å². The smallest absolute Gasteiger partial charge is 0.240 e. The van der Waals surface area contributed by atoms with Crippen LogP contribution >= 0.6 is 11.3 Å². The van der Waals surface area contributed by atoms with Crippen molar-refractivity contribution in [2.45, 2.75) is 52.6 Å². The highest BCUT2D eigenvalue weighted by Gasteiger charge is 2.26. The number of hydrogen-bond donors (Lipinski definition) is 2. The molecule has 0 aliphatic rings. The van der Waals surface area contributed by atoms with Crippen LogP contribution in [0.1, 0.15) is 42.0 Å². The van der Waals surface area contributed by atoms with E-state index in [9.17, 15) is 4.79 Å². The van der Waals surface area contributed by atoms with Crippen LogP contribution in [0.25, 0.3) is 0 Å². The minimum Gasteiger partial charge on any atom is -0.350 e. The van der Waals surface area contributed by atoms with Gasteiger partial charge in [0.15, 0.2) is 0 Å². The zero-order valence-corrected chi connectivity index (χ0v) is 11.9. The topological polar surface area (TPSA) is 55.1 Å². The van der Waals surface area contributed by atoms with Crippen LogP contribution in [0.15, 0.2) is 6.07 Å². The van der Waals surface area contributed by atoms with Gasteiger partial charge in [0, 0.05) is 9.75 Å². The maximum atomic E-state index is 11.9. The van der Waals surface area contributed by atoms with Crippen molar-refractivity contribution in [3.05, 3.63) is 21.4 Å². The number of thiophene rings is 1. The van der Waals surface area contributed by atoms with Gasteiger partial charge in [-0.25, -0.2) is 0 Å². The predicted molar refractivity (Wildman–Crippen MR) is 73.1 cm³/mol. The Hall–Kier alpha value is -0.870. The molecule has 4 heteroatoms. The molecule has 96 valence electrons. The highest BCUT2D eigenvalue weighted by atomic mass is 32.1. The number of amides is 1. The van der Waals surface area contributed by atoms with Crippen LogP contribution in [-0.4, -0.2) is 11.4 Å². The Morgan fingerprint density at radius 1 is 1.53 bits per heavy atom. The number of carbonyl (C=O) groups is 1. The van der Waals surface area contributed by atoms with Crippen molar-refractivity contribution in [3.63, 3.8) is 0 Å². The number of hydrogen-bond acceptors (Lipinski definition) is 3. The maximum absolute atomic E-state index is 11.9. The van der Waals surface area contributed by atoms with Crippen LogP contribution in [0.4, 0.5) is 0 Å². The standard InChI is InChI=1S/C13H22N2OS/c1-5-6-13(4,14)12(16)15-8-11-7-9(2)10(3)17-11/h7H,5-6,8,14H2,1-4H3,(H,15,16). The van der Waals surface area contributed by atoms with E-state index in [1.165, 1.54) is 15.3 Å². The fraction of sp³-hybridized carbons (Fsp3) is 0.615. The van der Waals surface area contributed by atoms with Gasteiger partial charge in [-0.3, -0.25) is 4.79 Å². The van der Waals surface area contributed by atoms with E-state index in [4.69, 9.17) is 5.73 Å². The molecule has 1 amide bonds. The molecule has 1 unspecified atom stereocenters. The SMILES string of the molecule is CCCC(C)(N)C(=O)NCc1cc(C)c(C)s1. The lowest BCUT2D eigenvalue weighted by atomic mass is 9.96. The first kappa shape index (κ1) is 14.2. The molecule has 0 saturated heterocycles. The molecule has 0 spiro atoms. The molecular weight excluding hydrogens is 232 g/mol. The Kier molecular flexibility index (Phi) is 4.71. The Morgan fingerprint density at radius 2 is 2.18 bits per heavy atom. The third-order valence-electron chi connectivity index (χ3n) is 2.93. The number of carbonyl (C=O) groups excluding carboxylic acids is 1. The minimum atomic E-state index is -0.754. The first-order chi connectivity index (χ1) is 7.86. The number of nitrogens with one attached hydrogen (secondary N) is 1. The molecule has 17 heavy (non-hydrogen) atoms. The molecule has 1 aromatic rings. The normalized spacial score (nSPS) is 14.4. The fourth-order valence-corrected chi connectivity index (χ4v) is 2.73. The lowest BCUT2D eigenvalue weighted by Crippen LogP contribution is -2.51. The van der Waals surface area contributed by atoms with E-state index in [1.54, 1.807) is 18.3 Å². The second-order valence-corrected chi connectivity index (χ2v) is 6.14. The third-order valence-corrected chi connectivity index (χ3v) is 4.08. The molecule has 0 saturated carbocycles. The van der Waals surface area contributed by atoms with Crippen molar-refractivity contribution in [2.24, 2.45) is 5.73 Å². The molecule has 0 radical (unpaired) electrons. The zero-order chi connectivity index (χ0) is 13.1. The zero-order valence-electron chi connectivity index (χ0n) is 11.1. The quantitative estimate of drug-likeness (QED) is 0.848. The van der Waals surface area contributed by atoms with Crippen LogP contribution in [0.5, 0.6) is 0 Å². The maximum Gasteiger partial charge on any atom is 0.240 e. The Bertz CT molecular complexity index is 377. The highest BCUT2D eigenvalue weighted by Crippen LogP contribution is 2.20. The van der Waals surface area contributed by atoms with E-state index in [0.29, 0.717) is 13.0 Å². The van der Waals surface area contributed by atoms with Crippen LogP contribution in [0.3, 0.4) is 0 Å². The van der Waals surface area contributed by atoms with Gasteiger partial charge in [-0.05, 0) is 38.8 Å². The first-order valence-corrected chi connectivity index (χ1v) is 6.81. The molecule has 3 nitrogen and oxygen atoms in total. The monoisotopic (exact) mass is 254 g/mol. The van der Waals surface area contributed by atoms with E-state index >= 15 is 0 Å². The summed E-state index contributed by atoms with van der Waals surface area (Å²) in [4.78, 5) is 14.4. The van der Waals surface area contributed by atoms with E-state index in [-0.39, 0.29) is 5.91 Å². The molecule has 0 aromatic carbocycles. The molecule has 0 aliphatic heterocycles. The molecule has 0 bridgehead atoms. The summed E-state index contributed by atoms with van der Waals surface area (Å²) < 4.78 is 0. The second kappa shape index (κ2) is 5.65. The highest BCUT2D eigenvalue weighted by molar-refractivity contribution is 7.12. The minimum absolute atomic E-state index is 0.0666. The summed E-state index contributed by atoms with van der Waals surface area (Å²) in [6.07, 6.45) is 1.62. The first-order valence-electron chi connectivity index (χ1n) is 6.00.